The number of ether oxygens (including phenoxy) is 4. The second-order valence-corrected chi connectivity index (χ2v) is 4.65. The van der Waals surface area contributed by atoms with E-state index in [-0.39, 0.29) is 57.2 Å². The van der Waals surface area contributed by atoms with Crippen molar-refractivity contribution in [2.45, 2.75) is 0 Å². The van der Waals surface area contributed by atoms with E-state index in [1.807, 2.05) is 0 Å². The van der Waals surface area contributed by atoms with Gasteiger partial charge in [-0.2, -0.15) is 0 Å². The fourth-order valence-electron chi connectivity index (χ4n) is 2.10. The monoisotopic (exact) mass is 386 g/mol. The predicted octanol–water partition coefficient (Wildman–Crippen LogP) is -0.246. The van der Waals surface area contributed by atoms with Crippen molar-refractivity contribution in [3.63, 3.8) is 0 Å². The Bertz CT molecular complexity index is 666. The molecule has 0 saturated carbocycles. The van der Waals surface area contributed by atoms with Crippen LogP contribution in [0.4, 0.5) is 0 Å². The first-order chi connectivity index (χ1) is 12.4. The number of hydrogen-bond donors (Lipinski definition) is 0. The number of benzene rings is 2. The number of carbonyl (C=O) groups is 2. The summed E-state index contributed by atoms with van der Waals surface area (Å²) in [6.45, 7) is 0. The minimum absolute atomic E-state index is 0. The summed E-state index contributed by atoms with van der Waals surface area (Å²) in [5.41, 5.74) is -0.125. The minimum atomic E-state index is -1.31. The van der Waals surface area contributed by atoms with Gasteiger partial charge in [0.2, 0.25) is 0 Å². The van der Waals surface area contributed by atoms with Crippen LogP contribution in [-0.4, -0.2) is 63.4 Å². The molecular weight excluding hydrogens is 368 g/mol. The van der Waals surface area contributed by atoms with Crippen LogP contribution in [0.3, 0.4) is 0 Å². The summed E-state index contributed by atoms with van der Waals surface area (Å²) in [6.07, 6.45) is 0. The van der Waals surface area contributed by atoms with E-state index in [9.17, 15) is 19.8 Å². The van der Waals surface area contributed by atoms with E-state index in [0.717, 1.165) is 0 Å². The molecule has 0 spiro atoms. The third-order valence-electron chi connectivity index (χ3n) is 3.26. The fourth-order valence-corrected chi connectivity index (χ4v) is 2.10. The van der Waals surface area contributed by atoms with Crippen LogP contribution in [0.2, 0.25) is 0 Å². The predicted molar refractivity (Wildman–Crippen MR) is 93.5 cm³/mol. The molecule has 0 atom stereocenters. The van der Waals surface area contributed by atoms with E-state index in [4.69, 9.17) is 18.9 Å². The van der Waals surface area contributed by atoms with Gasteiger partial charge in [0.1, 0.15) is 23.0 Å². The summed E-state index contributed by atoms with van der Waals surface area (Å²) < 4.78 is 19.4. The van der Waals surface area contributed by atoms with Gasteiger partial charge in [-0.15, -0.1) is 0 Å². The van der Waals surface area contributed by atoms with Crippen LogP contribution >= 0.6 is 0 Å². The van der Waals surface area contributed by atoms with E-state index in [2.05, 4.69) is 0 Å². The molecule has 0 amide bonds. The number of carboxylic acids is 2. The molecule has 0 N–H and O–H groups in total. The maximum absolute atomic E-state index is 10.7. The van der Waals surface area contributed by atoms with Crippen molar-refractivity contribution < 1.29 is 38.7 Å². The number of carboxylic acid groups (broad SMARTS) is 2. The molecule has 2 rings (SSSR count). The van der Waals surface area contributed by atoms with Gasteiger partial charge in [0.15, 0.2) is 0 Å². The molecule has 27 heavy (non-hydrogen) atoms. The van der Waals surface area contributed by atoms with Crippen molar-refractivity contribution in [2.24, 2.45) is 0 Å². The summed E-state index contributed by atoms with van der Waals surface area (Å²) in [5, 5.41) is 21.4. The van der Waals surface area contributed by atoms with E-state index < -0.39 is 11.9 Å². The smallest absolute Gasteiger partial charge is 0.545 e. The summed E-state index contributed by atoms with van der Waals surface area (Å²) in [6, 6.07) is 9.43. The van der Waals surface area contributed by atoms with Gasteiger partial charge in [0.05, 0.1) is 51.5 Å². The molecule has 140 valence electrons. The Morgan fingerprint density at radius 2 is 0.852 bits per heavy atom. The van der Waals surface area contributed by atoms with Crippen molar-refractivity contribution >= 4 is 35.0 Å². The fraction of sp³-hybridized carbons (Fsp3) is 0.222. The normalized spacial score (nSPS) is 9.04. The second kappa shape index (κ2) is 11.9. The number of methoxy groups -OCH3 is 4. The zero-order chi connectivity index (χ0) is 19.7. The maximum Gasteiger partial charge on any atom is 2.00 e. The van der Waals surface area contributed by atoms with Crippen LogP contribution in [0.15, 0.2) is 36.4 Å². The van der Waals surface area contributed by atoms with Gasteiger partial charge in [-0.1, -0.05) is 12.1 Å². The summed E-state index contributed by atoms with van der Waals surface area (Å²) >= 11 is 0. The van der Waals surface area contributed by atoms with E-state index in [1.54, 1.807) is 12.1 Å². The van der Waals surface area contributed by atoms with Gasteiger partial charge in [-0.3, -0.25) is 0 Å². The van der Waals surface area contributed by atoms with Gasteiger partial charge in [0.25, 0.3) is 0 Å². The Kier molecular flexibility index (Phi) is 10.7. The maximum atomic E-state index is 10.7. The molecule has 0 aliphatic carbocycles. The SMILES string of the molecule is COc1cccc(OC)c1C(=O)[O-].COc1cccc(OC)c1C(=O)[O-].[Mg+2]. The Labute approximate surface area is 172 Å². The van der Waals surface area contributed by atoms with Crippen LogP contribution in [0, 0.1) is 0 Å². The van der Waals surface area contributed by atoms with Crippen LogP contribution in [0.1, 0.15) is 20.7 Å². The molecular formula is C18H18MgO8. The quantitative estimate of drug-likeness (QED) is 0.624. The molecule has 0 radical (unpaired) electrons. The van der Waals surface area contributed by atoms with Gasteiger partial charge in [-0.25, -0.2) is 0 Å². The van der Waals surface area contributed by atoms with Crippen LogP contribution in [0.5, 0.6) is 23.0 Å². The molecule has 0 aromatic heterocycles. The zero-order valence-corrected chi connectivity index (χ0v) is 16.9. The molecule has 0 fully saturated rings. The topological polar surface area (TPSA) is 117 Å². The van der Waals surface area contributed by atoms with Gasteiger partial charge in [0, 0.05) is 0 Å². The minimum Gasteiger partial charge on any atom is -0.545 e. The first kappa shape index (κ1) is 24.3. The number of hydrogen-bond acceptors (Lipinski definition) is 8. The first-order valence-electron chi connectivity index (χ1n) is 7.25. The molecule has 0 aliphatic heterocycles. The van der Waals surface area contributed by atoms with Gasteiger partial charge >= 0.3 is 23.1 Å². The van der Waals surface area contributed by atoms with E-state index in [0.29, 0.717) is 0 Å². The van der Waals surface area contributed by atoms with Crippen molar-refractivity contribution in [3.8, 4) is 23.0 Å². The third kappa shape index (κ3) is 6.22. The molecule has 0 heterocycles. The van der Waals surface area contributed by atoms with Crippen LogP contribution in [0.25, 0.3) is 0 Å². The molecule has 0 saturated heterocycles. The summed E-state index contributed by atoms with van der Waals surface area (Å²) in [5.74, 6) is -1.68. The van der Waals surface area contributed by atoms with Gasteiger partial charge in [-0.05, 0) is 24.3 Å². The number of carbonyl (C=O) groups excluding carboxylic acids is 2. The van der Waals surface area contributed by atoms with Crippen molar-refractivity contribution in [3.05, 3.63) is 47.5 Å². The average Bonchev–Trinajstić information content (AvgIpc) is 2.66. The third-order valence-corrected chi connectivity index (χ3v) is 3.26. The zero-order valence-electron chi connectivity index (χ0n) is 15.4. The molecule has 0 bridgehead atoms. The summed E-state index contributed by atoms with van der Waals surface area (Å²) in [4.78, 5) is 21.4. The molecule has 9 heteroatoms. The number of aromatic carboxylic acids is 2. The Hall–Kier alpha value is -2.65. The van der Waals surface area contributed by atoms with Crippen LogP contribution < -0.4 is 29.2 Å². The second-order valence-electron chi connectivity index (χ2n) is 4.65. The molecule has 0 unspecified atom stereocenters. The van der Waals surface area contributed by atoms with Crippen LogP contribution in [-0.2, 0) is 0 Å². The van der Waals surface area contributed by atoms with E-state index >= 15 is 0 Å². The van der Waals surface area contributed by atoms with Crippen molar-refractivity contribution in [1.29, 1.82) is 0 Å². The average molecular weight is 387 g/mol. The van der Waals surface area contributed by atoms with Gasteiger partial charge < -0.3 is 38.7 Å². The molecule has 2 aromatic carbocycles. The van der Waals surface area contributed by atoms with Crippen molar-refractivity contribution in [1.82, 2.24) is 0 Å². The molecule has 0 aliphatic rings. The first-order valence-corrected chi connectivity index (χ1v) is 7.25. The van der Waals surface area contributed by atoms with E-state index in [1.165, 1.54) is 52.7 Å². The molecule has 8 nitrogen and oxygen atoms in total. The Balaban J connectivity index is 0.000000483. The van der Waals surface area contributed by atoms with Crippen molar-refractivity contribution in [2.75, 3.05) is 28.4 Å². The number of rotatable bonds is 6. The standard InChI is InChI=1S/2C9H10O4.Mg/c2*1-12-6-4-3-5-7(13-2)8(6)9(10)11;/h2*3-5H,1-2H3,(H,10,11);/q;;+2/p-2. The molecule has 2 aromatic rings. The largest absolute Gasteiger partial charge is 2.00 e. The Morgan fingerprint density at radius 3 is 1.00 bits per heavy atom. The Morgan fingerprint density at radius 1 is 0.630 bits per heavy atom. The summed E-state index contributed by atoms with van der Waals surface area (Å²) in [7, 11) is 5.56.